The summed E-state index contributed by atoms with van der Waals surface area (Å²) in [6.07, 6.45) is 0.465. The van der Waals surface area contributed by atoms with Gasteiger partial charge < -0.3 is 14.2 Å². The maximum Gasteiger partial charge on any atom is 0.216 e. The lowest BCUT2D eigenvalue weighted by atomic mass is 10.0. The smallest absolute Gasteiger partial charge is 0.216 e. The highest BCUT2D eigenvalue weighted by molar-refractivity contribution is 7.89. The van der Waals surface area contributed by atoms with Gasteiger partial charge in [-0.1, -0.05) is 0 Å². The summed E-state index contributed by atoms with van der Waals surface area (Å²) in [4.78, 5) is 0. The van der Waals surface area contributed by atoms with Gasteiger partial charge in [0.1, 0.15) is 5.60 Å². The molecule has 7 heteroatoms. The van der Waals surface area contributed by atoms with Crippen LogP contribution >= 0.6 is 0 Å². The zero-order valence-corrected chi connectivity index (χ0v) is 11.7. The van der Waals surface area contributed by atoms with Crippen molar-refractivity contribution in [2.45, 2.75) is 25.0 Å². The highest BCUT2D eigenvalue weighted by atomic mass is 32.2. The number of morpholine rings is 1. The molecule has 2 fully saturated rings. The molecule has 0 aliphatic carbocycles. The maximum atomic E-state index is 12.2. The largest absolute Gasteiger partial charge is 0.381 e. The molecule has 0 bridgehead atoms. The van der Waals surface area contributed by atoms with E-state index in [0.717, 1.165) is 6.42 Å². The molecule has 0 aromatic carbocycles. The van der Waals surface area contributed by atoms with E-state index < -0.39 is 15.6 Å². The van der Waals surface area contributed by atoms with Crippen molar-refractivity contribution in [3.05, 3.63) is 0 Å². The van der Waals surface area contributed by atoms with Crippen LogP contribution in [0.1, 0.15) is 13.3 Å². The van der Waals surface area contributed by atoms with Gasteiger partial charge >= 0.3 is 0 Å². The van der Waals surface area contributed by atoms with Crippen LogP contribution in [0.2, 0.25) is 0 Å². The van der Waals surface area contributed by atoms with Crippen LogP contribution in [-0.2, 0) is 24.2 Å². The lowest BCUT2D eigenvalue weighted by molar-refractivity contribution is -0.0898. The van der Waals surface area contributed by atoms with Crippen molar-refractivity contribution >= 4 is 10.0 Å². The number of hydrogen-bond acceptors (Lipinski definition) is 5. The van der Waals surface area contributed by atoms with Crippen LogP contribution < -0.4 is 0 Å². The van der Waals surface area contributed by atoms with E-state index in [2.05, 4.69) is 0 Å². The van der Waals surface area contributed by atoms with Crippen molar-refractivity contribution in [3.8, 4) is 0 Å². The summed E-state index contributed by atoms with van der Waals surface area (Å²) in [6.45, 7) is 4.13. The number of nitrogens with zero attached hydrogens (tertiary/aromatic N) is 1. The van der Waals surface area contributed by atoms with E-state index in [1.807, 2.05) is 0 Å². The zero-order chi connectivity index (χ0) is 13.2. The molecule has 106 valence electrons. The van der Waals surface area contributed by atoms with Crippen molar-refractivity contribution < 1.29 is 22.6 Å². The van der Waals surface area contributed by atoms with Gasteiger partial charge in [-0.3, -0.25) is 0 Å². The normalized spacial score (nSPS) is 31.9. The third kappa shape index (κ3) is 3.03. The van der Waals surface area contributed by atoms with Crippen molar-refractivity contribution in [1.82, 2.24) is 4.31 Å². The zero-order valence-electron chi connectivity index (χ0n) is 10.9. The third-order valence-corrected chi connectivity index (χ3v) is 5.51. The fraction of sp³-hybridized carbons (Fsp3) is 1.00. The molecule has 2 atom stereocenters. The molecule has 2 heterocycles. The Balaban J connectivity index is 2.04. The quantitative estimate of drug-likeness (QED) is 0.715. The van der Waals surface area contributed by atoms with E-state index in [0.29, 0.717) is 32.9 Å². The van der Waals surface area contributed by atoms with Crippen molar-refractivity contribution in [3.63, 3.8) is 0 Å². The Morgan fingerprint density at radius 3 is 2.83 bits per heavy atom. The minimum absolute atomic E-state index is 0.0143. The first-order valence-corrected chi connectivity index (χ1v) is 7.81. The molecule has 2 unspecified atom stereocenters. The first kappa shape index (κ1) is 14.2. The summed E-state index contributed by atoms with van der Waals surface area (Å²) >= 11 is 0. The topological polar surface area (TPSA) is 65.1 Å². The summed E-state index contributed by atoms with van der Waals surface area (Å²) in [7, 11) is -1.77. The van der Waals surface area contributed by atoms with Crippen molar-refractivity contribution in [2.75, 3.05) is 45.8 Å². The molecule has 2 saturated heterocycles. The highest BCUT2D eigenvalue weighted by Crippen LogP contribution is 2.28. The van der Waals surface area contributed by atoms with Crippen LogP contribution in [-0.4, -0.2) is 70.2 Å². The molecule has 2 aliphatic heterocycles. The van der Waals surface area contributed by atoms with Crippen molar-refractivity contribution in [1.29, 1.82) is 0 Å². The molecule has 18 heavy (non-hydrogen) atoms. The predicted octanol–water partition coefficient (Wildman–Crippen LogP) is -0.158. The summed E-state index contributed by atoms with van der Waals surface area (Å²) in [5.74, 6) is 0.0143. The first-order chi connectivity index (χ1) is 8.47. The van der Waals surface area contributed by atoms with Gasteiger partial charge in [-0.25, -0.2) is 8.42 Å². The van der Waals surface area contributed by atoms with Gasteiger partial charge in [0.2, 0.25) is 10.0 Å². The Hall–Kier alpha value is -0.210. The summed E-state index contributed by atoms with van der Waals surface area (Å²) < 4.78 is 42.1. The third-order valence-electron chi connectivity index (χ3n) is 3.52. The Morgan fingerprint density at radius 2 is 2.22 bits per heavy atom. The Labute approximate surface area is 108 Å². The second-order valence-corrected chi connectivity index (χ2v) is 7.01. The standard InChI is InChI=1S/C11H21NO5S/c1-10(15-2)7-18(13,14)12-4-6-17-11(8-12)3-5-16-9-11/h10H,3-9H2,1-2H3. The molecule has 0 aromatic heterocycles. The molecular weight excluding hydrogens is 258 g/mol. The Morgan fingerprint density at radius 1 is 1.44 bits per heavy atom. The molecule has 0 radical (unpaired) electrons. The fourth-order valence-corrected chi connectivity index (χ4v) is 4.07. The summed E-state index contributed by atoms with van der Waals surface area (Å²) in [6, 6.07) is 0. The van der Waals surface area contributed by atoms with Crippen LogP contribution in [0.5, 0.6) is 0 Å². The van der Waals surface area contributed by atoms with Crippen LogP contribution in [0.15, 0.2) is 0 Å². The molecule has 6 nitrogen and oxygen atoms in total. The van der Waals surface area contributed by atoms with E-state index in [1.165, 1.54) is 11.4 Å². The lowest BCUT2D eigenvalue weighted by Gasteiger charge is -2.38. The average Bonchev–Trinajstić information content (AvgIpc) is 2.76. The van der Waals surface area contributed by atoms with E-state index in [1.54, 1.807) is 6.92 Å². The van der Waals surface area contributed by atoms with Gasteiger partial charge in [0.25, 0.3) is 0 Å². The number of sulfonamides is 1. The number of hydrogen-bond donors (Lipinski definition) is 0. The van der Waals surface area contributed by atoms with Crippen LogP contribution in [0, 0.1) is 0 Å². The van der Waals surface area contributed by atoms with Gasteiger partial charge in [0.05, 0.1) is 25.1 Å². The second-order valence-electron chi connectivity index (χ2n) is 4.99. The van der Waals surface area contributed by atoms with E-state index >= 15 is 0 Å². The highest BCUT2D eigenvalue weighted by Gasteiger charge is 2.43. The SMILES string of the molecule is COC(C)CS(=O)(=O)N1CCOC2(CCOC2)C1. The van der Waals surface area contributed by atoms with Gasteiger partial charge in [0, 0.05) is 33.2 Å². The molecule has 0 aromatic rings. The molecular formula is C11H21NO5S. The van der Waals surface area contributed by atoms with E-state index in [9.17, 15) is 8.42 Å². The lowest BCUT2D eigenvalue weighted by Crippen LogP contribution is -2.55. The molecule has 0 saturated carbocycles. The van der Waals surface area contributed by atoms with Gasteiger partial charge in [-0.15, -0.1) is 0 Å². The maximum absolute atomic E-state index is 12.2. The summed E-state index contributed by atoms with van der Waals surface area (Å²) in [5.41, 5.74) is -0.429. The predicted molar refractivity (Wildman–Crippen MR) is 65.9 cm³/mol. The van der Waals surface area contributed by atoms with Gasteiger partial charge in [-0.05, 0) is 6.92 Å². The summed E-state index contributed by atoms with van der Waals surface area (Å²) in [5, 5.41) is 0. The fourth-order valence-electron chi connectivity index (χ4n) is 2.34. The Bertz CT molecular complexity index is 377. The molecule has 0 N–H and O–H groups in total. The molecule has 0 amide bonds. The molecule has 1 spiro atoms. The minimum atomic E-state index is -3.29. The van der Waals surface area contributed by atoms with E-state index in [4.69, 9.17) is 14.2 Å². The molecule has 2 aliphatic rings. The number of methoxy groups -OCH3 is 1. The first-order valence-electron chi connectivity index (χ1n) is 6.20. The van der Waals surface area contributed by atoms with Crippen LogP contribution in [0.25, 0.3) is 0 Å². The van der Waals surface area contributed by atoms with Gasteiger partial charge in [0.15, 0.2) is 0 Å². The van der Waals surface area contributed by atoms with Crippen molar-refractivity contribution in [2.24, 2.45) is 0 Å². The minimum Gasteiger partial charge on any atom is -0.381 e. The monoisotopic (exact) mass is 279 g/mol. The van der Waals surface area contributed by atoms with Crippen LogP contribution in [0.3, 0.4) is 0 Å². The Kier molecular flexibility index (Phi) is 4.28. The second kappa shape index (κ2) is 5.42. The van der Waals surface area contributed by atoms with Gasteiger partial charge in [-0.2, -0.15) is 4.31 Å². The number of ether oxygens (including phenoxy) is 3. The number of rotatable bonds is 4. The van der Waals surface area contributed by atoms with Crippen LogP contribution in [0.4, 0.5) is 0 Å². The van der Waals surface area contributed by atoms with E-state index in [-0.39, 0.29) is 11.9 Å². The average molecular weight is 279 g/mol. The molecule has 2 rings (SSSR count).